The Morgan fingerprint density at radius 1 is 1.16 bits per heavy atom. The van der Waals surface area contributed by atoms with Gasteiger partial charge in [-0.3, -0.25) is 4.79 Å². The highest BCUT2D eigenvalue weighted by Crippen LogP contribution is 2.29. The molecule has 0 aliphatic rings. The lowest BCUT2D eigenvalue weighted by Crippen LogP contribution is -2.30. The Morgan fingerprint density at radius 3 is 2.53 bits per heavy atom. The fourth-order valence-corrected chi connectivity index (χ4v) is 4.74. The van der Waals surface area contributed by atoms with Crippen LogP contribution in [0.4, 0.5) is 8.78 Å². The zero-order chi connectivity index (χ0) is 23.0. The van der Waals surface area contributed by atoms with Gasteiger partial charge in [-0.05, 0) is 56.2 Å². The summed E-state index contributed by atoms with van der Waals surface area (Å²) in [6.07, 6.45) is 1.11. The van der Waals surface area contributed by atoms with Crippen LogP contribution >= 0.6 is 22.9 Å². The highest BCUT2D eigenvalue weighted by atomic mass is 35.5. The summed E-state index contributed by atoms with van der Waals surface area (Å²) in [7, 11) is 0. The number of hydrogen-bond acceptors (Lipinski definition) is 4. The van der Waals surface area contributed by atoms with E-state index < -0.39 is 23.7 Å². The molecule has 4 aromatic rings. The predicted octanol–water partition coefficient (Wildman–Crippen LogP) is 5.90. The van der Waals surface area contributed by atoms with Crippen molar-refractivity contribution < 1.29 is 8.78 Å². The van der Waals surface area contributed by atoms with Gasteiger partial charge in [0.25, 0.3) is 12.0 Å². The Bertz CT molecular complexity index is 1330. The Morgan fingerprint density at radius 2 is 1.94 bits per heavy atom. The molecule has 0 spiro atoms. The predicted molar refractivity (Wildman–Crippen MR) is 122 cm³/mol. The summed E-state index contributed by atoms with van der Waals surface area (Å²) < 4.78 is 30.8. The first-order chi connectivity index (χ1) is 15.2. The lowest BCUT2D eigenvalue weighted by molar-refractivity contribution is 0.142. The van der Waals surface area contributed by atoms with Crippen LogP contribution in [0.1, 0.15) is 52.3 Å². The van der Waals surface area contributed by atoms with E-state index in [9.17, 15) is 13.6 Å². The third-order valence-corrected chi connectivity index (χ3v) is 6.67. The maximum Gasteiger partial charge on any atom is 0.282 e. The lowest BCUT2D eigenvalue weighted by atomic mass is 10.0. The fourth-order valence-electron chi connectivity index (χ4n) is 3.65. The minimum absolute atomic E-state index is 0.225. The van der Waals surface area contributed by atoms with Crippen molar-refractivity contribution >= 4 is 22.9 Å². The van der Waals surface area contributed by atoms with Gasteiger partial charge in [0.05, 0.1) is 22.4 Å². The summed E-state index contributed by atoms with van der Waals surface area (Å²) in [6.45, 7) is 5.63. The van der Waals surface area contributed by atoms with Crippen LogP contribution in [0.2, 0.25) is 4.34 Å². The second-order valence-electron chi connectivity index (χ2n) is 7.68. The highest BCUT2D eigenvalue weighted by molar-refractivity contribution is 7.16. The molecule has 4 rings (SSSR count). The second-order valence-corrected chi connectivity index (χ2v) is 9.43. The van der Waals surface area contributed by atoms with Crippen molar-refractivity contribution in [2.24, 2.45) is 0 Å². The van der Waals surface area contributed by atoms with E-state index in [2.05, 4.69) is 10.1 Å². The van der Waals surface area contributed by atoms with E-state index in [-0.39, 0.29) is 12.0 Å². The smallest absolute Gasteiger partial charge is 0.282 e. The number of hydrogen-bond donors (Lipinski definition) is 0. The monoisotopic (exact) mass is 474 g/mol. The number of alkyl halides is 2. The molecule has 0 saturated heterocycles. The van der Waals surface area contributed by atoms with Gasteiger partial charge < -0.3 is 4.57 Å². The number of thiophene rings is 1. The second kappa shape index (κ2) is 8.96. The van der Waals surface area contributed by atoms with Crippen LogP contribution in [-0.4, -0.2) is 19.3 Å². The molecular weight excluding hydrogens is 454 g/mol. The van der Waals surface area contributed by atoms with Crippen LogP contribution in [0.15, 0.2) is 53.7 Å². The zero-order valence-corrected chi connectivity index (χ0v) is 19.3. The molecule has 9 heteroatoms. The Hall–Kier alpha value is -2.84. The quantitative estimate of drug-likeness (QED) is 0.349. The minimum Gasteiger partial charge on any atom is -0.306 e. The van der Waals surface area contributed by atoms with Crippen molar-refractivity contribution in [1.29, 1.82) is 0 Å². The van der Waals surface area contributed by atoms with E-state index in [0.717, 1.165) is 32.1 Å². The Balaban J connectivity index is 1.71. The van der Waals surface area contributed by atoms with E-state index in [1.54, 1.807) is 25.4 Å². The van der Waals surface area contributed by atoms with Gasteiger partial charge in [0.2, 0.25) is 0 Å². The van der Waals surface area contributed by atoms with Crippen LogP contribution in [0, 0.1) is 13.8 Å². The summed E-state index contributed by atoms with van der Waals surface area (Å²) in [5.74, 6) is 0. The van der Waals surface area contributed by atoms with Crippen LogP contribution in [0.5, 0.6) is 0 Å². The lowest BCUT2D eigenvalue weighted by Gasteiger charge is -2.16. The number of rotatable bonds is 6. The third-order valence-electron chi connectivity index (χ3n) is 5.27. The van der Waals surface area contributed by atoms with Crippen LogP contribution in [0.25, 0.3) is 5.69 Å². The third kappa shape index (κ3) is 4.52. The van der Waals surface area contributed by atoms with Crippen molar-refractivity contribution in [2.75, 3.05) is 0 Å². The number of nitrogens with zero attached hydrogens (tertiary/aromatic N) is 4. The minimum atomic E-state index is -2.78. The SMILES string of the molecule is Cc1cn(-c2ccc(Cc3cc(C(F)F)nn([C@@H](C)c4ccc(Cl)s4)c3=O)cc2C)cn1. The summed E-state index contributed by atoms with van der Waals surface area (Å²) in [4.78, 5) is 18.2. The molecular formula is C23H21ClF2N4OS. The average Bonchev–Trinajstić information content (AvgIpc) is 3.37. The fraction of sp³-hybridized carbons (Fsp3) is 0.261. The molecule has 0 aliphatic heterocycles. The molecule has 0 bridgehead atoms. The van der Waals surface area contributed by atoms with Gasteiger partial charge >= 0.3 is 0 Å². The molecule has 3 heterocycles. The molecule has 32 heavy (non-hydrogen) atoms. The van der Waals surface area contributed by atoms with Gasteiger partial charge in [-0.15, -0.1) is 11.3 Å². The standard InChI is InChI=1S/C23H21ClF2N4OS/c1-13-8-16(4-5-19(13)29-11-14(2)27-12-29)9-17-10-18(22(25)26)28-30(23(17)31)15(3)20-6-7-21(24)32-20/h4-8,10-12,15,22H,9H2,1-3H3/t15-/m0/s1. The molecule has 0 radical (unpaired) electrons. The van der Waals surface area contributed by atoms with Crippen molar-refractivity contribution in [3.8, 4) is 5.69 Å². The first-order valence-electron chi connectivity index (χ1n) is 9.99. The number of aromatic nitrogens is 4. The van der Waals surface area contributed by atoms with Gasteiger partial charge in [0, 0.05) is 28.7 Å². The molecule has 0 fully saturated rings. The van der Waals surface area contributed by atoms with E-state index in [4.69, 9.17) is 11.6 Å². The summed E-state index contributed by atoms with van der Waals surface area (Å²) in [6, 6.07) is 9.99. The van der Waals surface area contributed by atoms with Crippen molar-refractivity contribution in [2.45, 2.75) is 39.7 Å². The van der Waals surface area contributed by atoms with Crippen LogP contribution in [-0.2, 0) is 6.42 Å². The molecule has 0 N–H and O–H groups in total. The molecule has 1 atom stereocenters. The average molecular weight is 475 g/mol. The number of imidazole rings is 1. The van der Waals surface area contributed by atoms with E-state index in [1.807, 2.05) is 42.8 Å². The van der Waals surface area contributed by atoms with Crippen molar-refractivity contribution in [1.82, 2.24) is 19.3 Å². The molecule has 0 amide bonds. The number of halogens is 3. The topological polar surface area (TPSA) is 52.7 Å². The number of aryl methyl sites for hydroxylation is 2. The molecule has 166 valence electrons. The first-order valence-corrected chi connectivity index (χ1v) is 11.2. The van der Waals surface area contributed by atoms with E-state index >= 15 is 0 Å². The number of benzene rings is 1. The van der Waals surface area contributed by atoms with E-state index in [1.165, 1.54) is 17.4 Å². The zero-order valence-electron chi connectivity index (χ0n) is 17.7. The van der Waals surface area contributed by atoms with Crippen LogP contribution < -0.4 is 5.56 Å². The largest absolute Gasteiger partial charge is 0.306 e. The summed E-state index contributed by atoms with van der Waals surface area (Å²) in [5.41, 5.74) is 3.18. The normalized spacial score (nSPS) is 12.5. The van der Waals surface area contributed by atoms with Gasteiger partial charge in [-0.2, -0.15) is 5.10 Å². The van der Waals surface area contributed by atoms with Gasteiger partial charge in [-0.1, -0.05) is 23.7 Å². The molecule has 5 nitrogen and oxygen atoms in total. The van der Waals surface area contributed by atoms with Crippen molar-refractivity contribution in [3.05, 3.63) is 96.6 Å². The first kappa shape index (κ1) is 22.4. The maximum atomic E-state index is 13.6. The van der Waals surface area contributed by atoms with Crippen LogP contribution in [0.3, 0.4) is 0 Å². The van der Waals surface area contributed by atoms with Gasteiger partial charge in [-0.25, -0.2) is 18.4 Å². The molecule has 3 aromatic heterocycles. The van der Waals surface area contributed by atoms with E-state index in [0.29, 0.717) is 4.34 Å². The van der Waals surface area contributed by atoms with Gasteiger partial charge in [0.15, 0.2) is 0 Å². The maximum absolute atomic E-state index is 13.6. The van der Waals surface area contributed by atoms with Crippen molar-refractivity contribution in [3.63, 3.8) is 0 Å². The Labute approximate surface area is 192 Å². The Kier molecular flexibility index (Phi) is 6.26. The summed E-state index contributed by atoms with van der Waals surface area (Å²) >= 11 is 7.31. The molecule has 0 saturated carbocycles. The van der Waals surface area contributed by atoms with Gasteiger partial charge in [0.1, 0.15) is 5.69 Å². The molecule has 0 aliphatic carbocycles. The summed E-state index contributed by atoms with van der Waals surface area (Å²) in [5, 5.41) is 3.94. The highest BCUT2D eigenvalue weighted by Gasteiger charge is 2.20. The molecule has 0 unspecified atom stereocenters. The molecule has 1 aromatic carbocycles.